The molecule has 5 nitrogen and oxygen atoms in total. The van der Waals surface area contributed by atoms with Crippen molar-refractivity contribution in [2.45, 2.75) is 26.4 Å². The van der Waals surface area contributed by atoms with Crippen molar-refractivity contribution in [2.24, 2.45) is 0 Å². The summed E-state index contributed by atoms with van der Waals surface area (Å²) in [5.41, 5.74) is 0.645. The standard InChI is InChI=1S/C15H21BrN2O3/c1-15(2,3)20-14(19)21-18-10-8-17(9-11-18)13-6-4-12(16)5-7-13/h4-7H,8-11H2,1-3H3. The monoisotopic (exact) mass is 356 g/mol. The fourth-order valence-electron chi connectivity index (χ4n) is 2.06. The van der Waals surface area contributed by atoms with Crippen molar-refractivity contribution >= 4 is 27.8 Å². The maximum atomic E-state index is 11.6. The molecule has 116 valence electrons. The highest BCUT2D eigenvalue weighted by atomic mass is 79.9. The van der Waals surface area contributed by atoms with Gasteiger partial charge >= 0.3 is 6.16 Å². The highest BCUT2D eigenvalue weighted by molar-refractivity contribution is 9.10. The van der Waals surface area contributed by atoms with Crippen LogP contribution in [0.4, 0.5) is 10.5 Å². The van der Waals surface area contributed by atoms with Crippen molar-refractivity contribution in [3.05, 3.63) is 28.7 Å². The van der Waals surface area contributed by atoms with Crippen molar-refractivity contribution in [2.75, 3.05) is 31.1 Å². The van der Waals surface area contributed by atoms with Crippen LogP contribution in [0.25, 0.3) is 0 Å². The summed E-state index contributed by atoms with van der Waals surface area (Å²) in [6.45, 7) is 8.40. The first-order chi connectivity index (χ1) is 9.83. The molecule has 0 radical (unpaired) electrons. The molecule has 1 saturated heterocycles. The van der Waals surface area contributed by atoms with Gasteiger partial charge in [0.15, 0.2) is 0 Å². The Bertz CT molecular complexity index is 477. The SMILES string of the molecule is CC(C)(C)OC(=O)ON1CCN(c2ccc(Br)cc2)CC1. The molecule has 1 aliphatic rings. The lowest BCUT2D eigenvalue weighted by Crippen LogP contribution is -2.47. The normalized spacial score (nSPS) is 16.7. The highest BCUT2D eigenvalue weighted by Gasteiger charge is 2.24. The van der Waals surface area contributed by atoms with Gasteiger partial charge in [0.1, 0.15) is 5.60 Å². The Morgan fingerprint density at radius 1 is 1.10 bits per heavy atom. The molecule has 0 unspecified atom stereocenters. The number of halogens is 1. The first-order valence-electron chi connectivity index (χ1n) is 7.00. The average molecular weight is 357 g/mol. The first kappa shape index (κ1) is 16.1. The lowest BCUT2D eigenvalue weighted by Gasteiger charge is -2.34. The second-order valence-electron chi connectivity index (χ2n) is 5.95. The number of nitrogens with zero attached hydrogens (tertiary/aromatic N) is 2. The third-order valence-electron chi connectivity index (χ3n) is 3.02. The zero-order valence-electron chi connectivity index (χ0n) is 12.6. The minimum absolute atomic E-state index is 0.531. The number of anilines is 1. The van der Waals surface area contributed by atoms with Crippen molar-refractivity contribution in [3.8, 4) is 0 Å². The summed E-state index contributed by atoms with van der Waals surface area (Å²) in [6.07, 6.45) is -0.639. The molecule has 6 heteroatoms. The van der Waals surface area contributed by atoms with Gasteiger partial charge < -0.3 is 14.5 Å². The van der Waals surface area contributed by atoms with Gasteiger partial charge in [-0.2, -0.15) is 0 Å². The summed E-state index contributed by atoms with van der Waals surface area (Å²) < 4.78 is 6.21. The third-order valence-corrected chi connectivity index (χ3v) is 3.55. The van der Waals surface area contributed by atoms with Gasteiger partial charge in [0.05, 0.1) is 13.1 Å². The zero-order chi connectivity index (χ0) is 15.5. The number of rotatable bonds is 2. The number of carbonyl (C=O) groups is 1. The van der Waals surface area contributed by atoms with Crippen molar-refractivity contribution in [1.29, 1.82) is 0 Å². The third kappa shape index (κ3) is 5.21. The largest absolute Gasteiger partial charge is 0.528 e. The van der Waals surface area contributed by atoms with Gasteiger partial charge in [0.25, 0.3) is 0 Å². The molecular formula is C15H21BrN2O3. The molecule has 0 bridgehead atoms. The quantitative estimate of drug-likeness (QED) is 0.759. The van der Waals surface area contributed by atoms with E-state index in [9.17, 15) is 4.79 Å². The Morgan fingerprint density at radius 2 is 1.67 bits per heavy atom. The van der Waals surface area contributed by atoms with Gasteiger partial charge in [-0.3, -0.25) is 0 Å². The summed E-state index contributed by atoms with van der Waals surface area (Å²) in [4.78, 5) is 19.1. The lowest BCUT2D eigenvalue weighted by molar-refractivity contribution is -0.144. The van der Waals surface area contributed by atoms with Crippen LogP contribution < -0.4 is 4.90 Å². The predicted molar refractivity (Wildman–Crippen MR) is 85.2 cm³/mol. The molecule has 1 heterocycles. The van der Waals surface area contributed by atoms with Crippen LogP contribution >= 0.6 is 15.9 Å². The van der Waals surface area contributed by atoms with E-state index < -0.39 is 11.8 Å². The number of ether oxygens (including phenoxy) is 1. The first-order valence-corrected chi connectivity index (χ1v) is 7.79. The smallest absolute Gasteiger partial charge is 0.427 e. The minimum Gasteiger partial charge on any atom is -0.427 e. The molecular weight excluding hydrogens is 336 g/mol. The van der Waals surface area contributed by atoms with E-state index >= 15 is 0 Å². The molecule has 0 atom stereocenters. The molecule has 0 aliphatic carbocycles. The van der Waals surface area contributed by atoms with Crippen molar-refractivity contribution in [1.82, 2.24) is 5.06 Å². The van der Waals surface area contributed by atoms with E-state index in [1.165, 1.54) is 5.69 Å². The van der Waals surface area contributed by atoms with E-state index in [2.05, 4.69) is 33.0 Å². The number of hydrogen-bond donors (Lipinski definition) is 0. The van der Waals surface area contributed by atoms with Crippen LogP contribution in [0.2, 0.25) is 0 Å². The molecule has 1 aromatic carbocycles. The van der Waals surface area contributed by atoms with Crippen LogP contribution in [-0.4, -0.2) is 43.0 Å². The number of hydroxylamine groups is 2. The molecule has 2 rings (SSSR count). The second-order valence-corrected chi connectivity index (χ2v) is 6.86. The number of carbonyl (C=O) groups excluding carboxylic acids is 1. The van der Waals surface area contributed by atoms with Crippen LogP contribution in [0.15, 0.2) is 28.7 Å². The maximum absolute atomic E-state index is 11.6. The zero-order valence-corrected chi connectivity index (χ0v) is 14.2. The van der Waals surface area contributed by atoms with Crippen molar-refractivity contribution in [3.63, 3.8) is 0 Å². The van der Waals surface area contributed by atoms with Gasteiger partial charge in [-0.1, -0.05) is 15.9 Å². The highest BCUT2D eigenvalue weighted by Crippen LogP contribution is 2.20. The molecule has 1 aromatic rings. The molecule has 0 saturated carbocycles. The summed E-state index contributed by atoms with van der Waals surface area (Å²) in [5.74, 6) is 0. The second kappa shape index (κ2) is 6.66. The van der Waals surface area contributed by atoms with Gasteiger partial charge in [0, 0.05) is 23.2 Å². The molecule has 0 N–H and O–H groups in total. The topological polar surface area (TPSA) is 42.0 Å². The minimum atomic E-state index is -0.639. The molecule has 0 aromatic heterocycles. The van der Waals surface area contributed by atoms with Gasteiger partial charge in [0.2, 0.25) is 0 Å². The van der Waals surface area contributed by atoms with Crippen LogP contribution in [-0.2, 0) is 9.57 Å². The van der Waals surface area contributed by atoms with Gasteiger partial charge in [-0.15, -0.1) is 5.06 Å². The summed E-state index contributed by atoms with van der Waals surface area (Å²) in [6, 6.07) is 8.21. The predicted octanol–water partition coefficient (Wildman–Crippen LogP) is 3.44. The molecule has 1 aliphatic heterocycles. The average Bonchev–Trinajstić information content (AvgIpc) is 2.38. The van der Waals surface area contributed by atoms with Crippen LogP contribution in [0.1, 0.15) is 20.8 Å². The van der Waals surface area contributed by atoms with E-state index in [0.29, 0.717) is 13.1 Å². The van der Waals surface area contributed by atoms with Gasteiger partial charge in [-0.05, 0) is 45.0 Å². The van der Waals surface area contributed by atoms with Crippen LogP contribution in [0.3, 0.4) is 0 Å². The number of benzene rings is 1. The van der Waals surface area contributed by atoms with Crippen LogP contribution in [0.5, 0.6) is 0 Å². The van der Waals surface area contributed by atoms with E-state index in [1.54, 1.807) is 5.06 Å². The molecule has 0 amide bonds. The molecule has 1 fully saturated rings. The summed E-state index contributed by atoms with van der Waals surface area (Å²) in [5, 5.41) is 1.66. The molecule has 21 heavy (non-hydrogen) atoms. The Morgan fingerprint density at radius 3 is 2.19 bits per heavy atom. The van der Waals surface area contributed by atoms with E-state index in [-0.39, 0.29) is 0 Å². The van der Waals surface area contributed by atoms with Crippen molar-refractivity contribution < 1.29 is 14.4 Å². The number of hydrogen-bond acceptors (Lipinski definition) is 5. The Labute approximate surface area is 133 Å². The Balaban J connectivity index is 1.80. The van der Waals surface area contributed by atoms with Crippen LogP contribution in [0, 0.1) is 0 Å². The Kier molecular flexibility index (Phi) is 5.11. The summed E-state index contributed by atoms with van der Waals surface area (Å²) in [7, 11) is 0. The number of piperazine rings is 1. The fraction of sp³-hybridized carbons (Fsp3) is 0.533. The van der Waals surface area contributed by atoms with E-state index in [4.69, 9.17) is 9.57 Å². The van der Waals surface area contributed by atoms with E-state index in [1.807, 2.05) is 32.9 Å². The molecule has 0 spiro atoms. The Hall–Kier alpha value is -1.27. The summed E-state index contributed by atoms with van der Waals surface area (Å²) >= 11 is 3.43. The fourth-order valence-corrected chi connectivity index (χ4v) is 2.33. The maximum Gasteiger partial charge on any atom is 0.528 e. The van der Waals surface area contributed by atoms with Gasteiger partial charge in [-0.25, -0.2) is 4.79 Å². The lowest BCUT2D eigenvalue weighted by atomic mass is 10.2. The van der Waals surface area contributed by atoms with E-state index in [0.717, 1.165) is 17.6 Å².